The maximum absolute atomic E-state index is 6.61. The van der Waals surface area contributed by atoms with Crippen molar-refractivity contribution in [3.05, 3.63) is 64.9 Å². The number of hydrogen-bond donors (Lipinski definition) is 1. The monoisotopic (exact) mass is 309 g/mol. The molecule has 0 amide bonds. The van der Waals surface area contributed by atoms with Crippen LogP contribution in [0.5, 0.6) is 5.75 Å². The zero-order valence-electron chi connectivity index (χ0n) is 12.6. The molecule has 0 radical (unpaired) electrons. The highest BCUT2D eigenvalue weighted by molar-refractivity contribution is 7.10. The Morgan fingerprint density at radius 3 is 2.82 bits per heavy atom. The second-order valence-corrected chi connectivity index (χ2v) is 6.85. The summed E-state index contributed by atoms with van der Waals surface area (Å²) >= 11 is 1.79. The SMILES string of the molecule is CNC[C@@H]1C[C@]1(Oc1cccc2ccccc12)c1cccs1. The summed E-state index contributed by atoms with van der Waals surface area (Å²) in [6.07, 6.45) is 1.08. The van der Waals surface area contributed by atoms with Gasteiger partial charge >= 0.3 is 0 Å². The van der Waals surface area contributed by atoms with Crippen molar-refractivity contribution in [2.75, 3.05) is 13.6 Å². The van der Waals surface area contributed by atoms with E-state index in [2.05, 4.69) is 65.3 Å². The molecule has 22 heavy (non-hydrogen) atoms. The van der Waals surface area contributed by atoms with Crippen LogP contribution in [-0.2, 0) is 5.60 Å². The van der Waals surface area contributed by atoms with Crippen molar-refractivity contribution in [2.24, 2.45) is 5.92 Å². The molecule has 1 fully saturated rings. The minimum Gasteiger partial charge on any atom is -0.481 e. The van der Waals surface area contributed by atoms with Crippen molar-refractivity contribution >= 4 is 22.1 Å². The lowest BCUT2D eigenvalue weighted by Gasteiger charge is -2.20. The summed E-state index contributed by atoms with van der Waals surface area (Å²) in [4.78, 5) is 1.33. The highest BCUT2D eigenvalue weighted by Crippen LogP contribution is 2.56. The maximum Gasteiger partial charge on any atom is 0.148 e. The van der Waals surface area contributed by atoms with Crippen LogP contribution in [0.3, 0.4) is 0 Å². The molecule has 2 aromatic carbocycles. The first-order valence-electron chi connectivity index (χ1n) is 7.69. The molecule has 1 N–H and O–H groups in total. The molecule has 1 aliphatic rings. The molecule has 1 heterocycles. The fourth-order valence-electron chi connectivity index (χ4n) is 3.27. The van der Waals surface area contributed by atoms with Gasteiger partial charge in [0.25, 0.3) is 0 Å². The van der Waals surface area contributed by atoms with E-state index in [4.69, 9.17) is 4.74 Å². The summed E-state index contributed by atoms with van der Waals surface area (Å²) in [7, 11) is 2.01. The van der Waals surface area contributed by atoms with Gasteiger partial charge in [0.1, 0.15) is 11.4 Å². The molecule has 0 bridgehead atoms. The molecule has 1 aliphatic carbocycles. The van der Waals surface area contributed by atoms with Crippen LogP contribution in [-0.4, -0.2) is 13.6 Å². The lowest BCUT2D eigenvalue weighted by Crippen LogP contribution is -2.22. The summed E-state index contributed by atoms with van der Waals surface area (Å²) in [6, 6.07) is 19.0. The number of hydrogen-bond acceptors (Lipinski definition) is 3. The average Bonchev–Trinajstić information content (AvgIpc) is 2.99. The topological polar surface area (TPSA) is 21.3 Å². The molecule has 0 unspecified atom stereocenters. The van der Waals surface area contributed by atoms with E-state index in [1.54, 1.807) is 11.3 Å². The Kier molecular flexibility index (Phi) is 3.40. The summed E-state index contributed by atoms with van der Waals surface area (Å²) in [6.45, 7) is 0.989. The van der Waals surface area contributed by atoms with Crippen molar-refractivity contribution in [3.8, 4) is 5.75 Å². The first-order chi connectivity index (χ1) is 10.8. The lowest BCUT2D eigenvalue weighted by molar-refractivity contribution is 0.167. The molecule has 3 aromatic rings. The van der Waals surface area contributed by atoms with E-state index in [9.17, 15) is 0 Å². The molecule has 0 saturated heterocycles. The Labute approximate surface area is 134 Å². The smallest absolute Gasteiger partial charge is 0.148 e. The Hall–Kier alpha value is -1.84. The highest BCUT2D eigenvalue weighted by Gasteiger charge is 2.58. The van der Waals surface area contributed by atoms with Crippen LogP contribution in [0.2, 0.25) is 0 Å². The minimum absolute atomic E-state index is 0.151. The van der Waals surface area contributed by atoms with Crippen LogP contribution < -0.4 is 10.1 Å². The number of ether oxygens (including phenoxy) is 1. The Morgan fingerprint density at radius 1 is 1.14 bits per heavy atom. The second kappa shape index (κ2) is 5.41. The first-order valence-corrected chi connectivity index (χ1v) is 8.57. The first kappa shape index (κ1) is 13.8. The van der Waals surface area contributed by atoms with Crippen molar-refractivity contribution in [3.63, 3.8) is 0 Å². The van der Waals surface area contributed by atoms with Crippen molar-refractivity contribution in [2.45, 2.75) is 12.0 Å². The molecule has 4 rings (SSSR count). The zero-order chi connectivity index (χ0) is 15.0. The summed E-state index contributed by atoms with van der Waals surface area (Å²) in [5.41, 5.74) is -0.151. The van der Waals surface area contributed by atoms with Gasteiger partial charge in [-0.3, -0.25) is 0 Å². The molecule has 2 nitrogen and oxygen atoms in total. The minimum atomic E-state index is -0.151. The second-order valence-electron chi connectivity index (χ2n) is 5.90. The van der Waals surface area contributed by atoms with Crippen molar-refractivity contribution in [1.29, 1.82) is 0 Å². The number of benzene rings is 2. The van der Waals surface area contributed by atoms with Gasteiger partial charge in [-0.2, -0.15) is 0 Å². The fourth-order valence-corrected chi connectivity index (χ4v) is 4.22. The number of fused-ring (bicyclic) bond motifs is 1. The normalized spacial score (nSPS) is 23.6. The van der Waals surface area contributed by atoms with Crippen LogP contribution in [0.15, 0.2) is 60.0 Å². The summed E-state index contributed by atoms with van der Waals surface area (Å²) in [5, 5.41) is 7.85. The Morgan fingerprint density at radius 2 is 2.00 bits per heavy atom. The maximum atomic E-state index is 6.61. The van der Waals surface area contributed by atoms with E-state index < -0.39 is 0 Å². The van der Waals surface area contributed by atoms with Crippen LogP contribution in [0.25, 0.3) is 10.8 Å². The van der Waals surface area contributed by atoms with Crippen molar-refractivity contribution in [1.82, 2.24) is 5.32 Å². The van der Waals surface area contributed by atoms with Gasteiger partial charge in [0.2, 0.25) is 0 Å². The van der Waals surface area contributed by atoms with E-state index in [-0.39, 0.29) is 5.60 Å². The van der Waals surface area contributed by atoms with Gasteiger partial charge in [0.05, 0.1) is 0 Å². The highest BCUT2D eigenvalue weighted by atomic mass is 32.1. The molecular weight excluding hydrogens is 290 g/mol. The van der Waals surface area contributed by atoms with Gasteiger partial charge in [-0.25, -0.2) is 0 Å². The third kappa shape index (κ3) is 2.21. The lowest BCUT2D eigenvalue weighted by atomic mass is 10.1. The molecule has 0 aliphatic heterocycles. The number of nitrogens with one attached hydrogen (secondary N) is 1. The van der Waals surface area contributed by atoms with Gasteiger partial charge in [0, 0.05) is 29.1 Å². The molecule has 3 heteroatoms. The third-order valence-electron chi connectivity index (χ3n) is 4.48. The van der Waals surface area contributed by atoms with Crippen molar-refractivity contribution < 1.29 is 4.74 Å². The predicted molar refractivity (Wildman–Crippen MR) is 92.6 cm³/mol. The Bertz CT molecular complexity index is 778. The number of rotatable bonds is 5. The van der Waals surface area contributed by atoms with E-state index in [1.165, 1.54) is 15.6 Å². The molecule has 0 spiro atoms. The van der Waals surface area contributed by atoms with Crippen LogP contribution in [0.1, 0.15) is 11.3 Å². The van der Waals surface area contributed by atoms with Gasteiger partial charge in [-0.15, -0.1) is 11.3 Å². The van der Waals surface area contributed by atoms with Crippen LogP contribution in [0.4, 0.5) is 0 Å². The third-order valence-corrected chi connectivity index (χ3v) is 5.51. The summed E-state index contributed by atoms with van der Waals surface area (Å²) < 4.78 is 6.61. The quantitative estimate of drug-likeness (QED) is 0.753. The van der Waals surface area contributed by atoms with Crippen LogP contribution >= 0.6 is 11.3 Å². The molecule has 1 aromatic heterocycles. The predicted octanol–water partition coefficient (Wildman–Crippen LogP) is 4.41. The van der Waals surface area contributed by atoms with E-state index >= 15 is 0 Å². The molecule has 2 atom stereocenters. The van der Waals surface area contributed by atoms with Crippen LogP contribution in [0, 0.1) is 5.92 Å². The van der Waals surface area contributed by atoms with Gasteiger partial charge in [-0.05, 0) is 29.9 Å². The zero-order valence-corrected chi connectivity index (χ0v) is 13.4. The average molecular weight is 309 g/mol. The largest absolute Gasteiger partial charge is 0.481 e. The summed E-state index contributed by atoms with van der Waals surface area (Å²) in [5.74, 6) is 1.53. The molecule has 1 saturated carbocycles. The molecular formula is C19H19NOS. The van der Waals surface area contributed by atoms with Gasteiger partial charge in [0.15, 0.2) is 0 Å². The number of thiophene rings is 1. The van der Waals surface area contributed by atoms with E-state index in [0.717, 1.165) is 18.7 Å². The fraction of sp³-hybridized carbons (Fsp3) is 0.263. The van der Waals surface area contributed by atoms with Gasteiger partial charge < -0.3 is 10.1 Å². The standard InChI is InChI=1S/C19H19NOS/c1-20-13-15-12-19(15,18-10-5-11-22-18)21-17-9-4-7-14-6-2-3-8-16(14)17/h2-11,15,20H,12-13H2,1H3/t15-,19+/m0/s1. The van der Waals surface area contributed by atoms with E-state index in [1.807, 2.05) is 7.05 Å². The van der Waals surface area contributed by atoms with Gasteiger partial charge in [-0.1, -0.05) is 42.5 Å². The molecule has 112 valence electrons. The van der Waals surface area contributed by atoms with E-state index in [0.29, 0.717) is 5.92 Å². The Balaban J connectivity index is 1.73.